The number of nitrogens with two attached hydrogens (primary N) is 1. The molecule has 4 N–H and O–H groups in total. The lowest BCUT2D eigenvalue weighted by atomic mass is 10.1. The minimum atomic E-state index is -0.833. The van der Waals surface area contributed by atoms with Crippen molar-refractivity contribution in [3.05, 3.63) is 41.2 Å². The monoisotopic (exact) mass is 378 g/mol. The summed E-state index contributed by atoms with van der Waals surface area (Å²) in [7, 11) is 3.29. The van der Waals surface area contributed by atoms with Gasteiger partial charge in [0.25, 0.3) is 11.9 Å². The molecule has 1 aromatic heterocycles. The second-order valence-electron chi connectivity index (χ2n) is 5.72. The fourth-order valence-corrected chi connectivity index (χ4v) is 2.17. The van der Waals surface area contributed by atoms with Crippen molar-refractivity contribution in [2.45, 2.75) is 20.4 Å². The maximum atomic E-state index is 12.7. The normalized spacial score (nSPS) is 9.81. The number of rotatable bonds is 7. The summed E-state index contributed by atoms with van der Waals surface area (Å²) in [5, 5.41) is 14.4. The van der Waals surface area contributed by atoms with Gasteiger partial charge >= 0.3 is 0 Å². The molecule has 0 spiro atoms. The fraction of sp³-hybridized carbons (Fsp3) is 0.389. The van der Waals surface area contributed by atoms with Gasteiger partial charge in [0.2, 0.25) is 0 Å². The second kappa shape index (κ2) is 10.8. The van der Waals surface area contributed by atoms with Gasteiger partial charge in [0.1, 0.15) is 18.1 Å². The van der Waals surface area contributed by atoms with Crippen molar-refractivity contribution in [3.63, 3.8) is 0 Å². The van der Waals surface area contributed by atoms with Crippen molar-refractivity contribution >= 4 is 11.9 Å². The summed E-state index contributed by atoms with van der Waals surface area (Å²) < 4.78 is 10.8. The molecule has 0 saturated carbocycles. The first-order valence-corrected chi connectivity index (χ1v) is 8.25. The van der Waals surface area contributed by atoms with Gasteiger partial charge in [0, 0.05) is 32.3 Å². The van der Waals surface area contributed by atoms with Gasteiger partial charge < -0.3 is 25.2 Å². The van der Waals surface area contributed by atoms with E-state index in [0.717, 1.165) is 18.3 Å². The van der Waals surface area contributed by atoms with Gasteiger partial charge in [-0.05, 0) is 25.1 Å². The molecule has 9 heteroatoms. The third-order valence-electron chi connectivity index (χ3n) is 3.30. The third-order valence-corrected chi connectivity index (χ3v) is 3.30. The number of hydrogen-bond acceptors (Lipinski definition) is 6. The molecular formula is C18H26N4O5. The number of carboxylic acids is 1. The molecule has 1 aromatic carbocycles. The Hall–Kier alpha value is -3.07. The highest BCUT2D eigenvalue weighted by molar-refractivity contribution is 5.97. The van der Waals surface area contributed by atoms with Crippen molar-refractivity contribution in [2.24, 2.45) is 5.73 Å². The van der Waals surface area contributed by atoms with Gasteiger partial charge in [-0.25, -0.2) is 0 Å². The number of ether oxygens (including phenoxy) is 2. The summed E-state index contributed by atoms with van der Waals surface area (Å²) in [6.45, 7) is 4.11. The van der Waals surface area contributed by atoms with Gasteiger partial charge in [-0.3, -0.25) is 14.7 Å². The molecule has 27 heavy (non-hydrogen) atoms. The minimum absolute atomic E-state index is 0.152. The smallest absolute Gasteiger partial charge is 0.300 e. The molecule has 0 aliphatic carbocycles. The summed E-state index contributed by atoms with van der Waals surface area (Å²) in [5.74, 6) is 0.101. The first-order valence-electron chi connectivity index (χ1n) is 8.25. The highest BCUT2D eigenvalue weighted by Crippen LogP contribution is 2.26. The largest absolute Gasteiger partial charge is 0.497 e. The SMILES string of the molecule is CC(=O)O.COc1ccc(C(=O)N(C)Cc2cc(C)[nH]n2)c(OCCN)c1. The topological polar surface area (TPSA) is 131 Å². The van der Waals surface area contributed by atoms with E-state index in [1.165, 1.54) is 0 Å². The Morgan fingerprint density at radius 3 is 2.52 bits per heavy atom. The van der Waals surface area contributed by atoms with Crippen LogP contribution in [0, 0.1) is 6.92 Å². The zero-order chi connectivity index (χ0) is 20.4. The maximum Gasteiger partial charge on any atom is 0.300 e. The van der Waals surface area contributed by atoms with Crippen LogP contribution < -0.4 is 15.2 Å². The number of aliphatic carboxylic acids is 1. The number of aromatic amines is 1. The number of carbonyl (C=O) groups is 2. The molecule has 0 fully saturated rings. The number of benzene rings is 1. The van der Waals surface area contributed by atoms with Gasteiger partial charge in [0.15, 0.2) is 0 Å². The number of aryl methyl sites for hydroxylation is 1. The predicted octanol–water partition coefficient (Wildman–Crippen LogP) is 1.43. The molecule has 0 atom stereocenters. The van der Waals surface area contributed by atoms with Crippen molar-refractivity contribution in [3.8, 4) is 11.5 Å². The van der Waals surface area contributed by atoms with Crippen molar-refractivity contribution in [1.82, 2.24) is 15.1 Å². The van der Waals surface area contributed by atoms with Crippen LogP contribution in [0.5, 0.6) is 11.5 Å². The number of carbonyl (C=O) groups excluding carboxylic acids is 1. The summed E-state index contributed by atoms with van der Waals surface area (Å²) in [5.41, 5.74) is 7.70. The lowest BCUT2D eigenvalue weighted by molar-refractivity contribution is -0.134. The molecule has 2 rings (SSSR count). The van der Waals surface area contributed by atoms with E-state index in [1.54, 1.807) is 37.3 Å². The van der Waals surface area contributed by atoms with E-state index in [0.29, 0.717) is 36.8 Å². The summed E-state index contributed by atoms with van der Waals surface area (Å²) in [4.78, 5) is 23.3. The van der Waals surface area contributed by atoms with Crippen molar-refractivity contribution < 1.29 is 24.2 Å². The average Bonchev–Trinajstić information content (AvgIpc) is 3.03. The molecule has 0 unspecified atom stereocenters. The lowest BCUT2D eigenvalue weighted by Gasteiger charge is -2.18. The van der Waals surface area contributed by atoms with Gasteiger partial charge in [-0.15, -0.1) is 0 Å². The number of nitrogens with zero attached hydrogens (tertiary/aromatic N) is 2. The van der Waals surface area contributed by atoms with Crippen LogP contribution in [-0.4, -0.2) is 59.4 Å². The highest BCUT2D eigenvalue weighted by Gasteiger charge is 2.18. The molecule has 9 nitrogen and oxygen atoms in total. The predicted molar refractivity (Wildman–Crippen MR) is 100.0 cm³/mol. The van der Waals surface area contributed by atoms with Crippen LogP contribution >= 0.6 is 0 Å². The average molecular weight is 378 g/mol. The highest BCUT2D eigenvalue weighted by atomic mass is 16.5. The number of methoxy groups -OCH3 is 1. The number of H-pyrrole nitrogens is 1. The van der Waals surface area contributed by atoms with E-state index in [1.807, 2.05) is 13.0 Å². The van der Waals surface area contributed by atoms with Crippen LogP contribution in [-0.2, 0) is 11.3 Å². The van der Waals surface area contributed by atoms with E-state index in [9.17, 15) is 4.79 Å². The number of hydrogen-bond donors (Lipinski definition) is 3. The van der Waals surface area contributed by atoms with E-state index in [2.05, 4.69) is 10.2 Å². The molecule has 1 heterocycles. The summed E-state index contributed by atoms with van der Waals surface area (Å²) >= 11 is 0. The molecule has 0 radical (unpaired) electrons. The number of amides is 1. The minimum Gasteiger partial charge on any atom is -0.497 e. The zero-order valence-corrected chi connectivity index (χ0v) is 16.0. The van der Waals surface area contributed by atoms with Crippen molar-refractivity contribution in [2.75, 3.05) is 27.3 Å². The molecule has 0 saturated heterocycles. The van der Waals surface area contributed by atoms with E-state index >= 15 is 0 Å². The molecule has 0 bridgehead atoms. The van der Waals surface area contributed by atoms with Crippen LogP contribution in [0.25, 0.3) is 0 Å². The zero-order valence-electron chi connectivity index (χ0n) is 16.0. The van der Waals surface area contributed by atoms with Crippen LogP contribution in [0.4, 0.5) is 0 Å². The Kier molecular flexibility index (Phi) is 8.80. The Bertz CT molecular complexity index is 756. The first kappa shape index (κ1) is 22.0. The molecule has 1 amide bonds. The second-order valence-corrected chi connectivity index (χ2v) is 5.72. The molecular weight excluding hydrogens is 352 g/mol. The standard InChI is InChI=1S/C16H22N4O3.C2H4O2/c1-11-8-12(19-18-11)10-20(2)16(21)14-5-4-13(22-3)9-15(14)23-7-6-17;1-2(3)4/h4-5,8-9H,6-7,10,17H2,1-3H3,(H,18,19);1H3,(H,3,4). The van der Waals surface area contributed by atoms with E-state index < -0.39 is 5.97 Å². The maximum absolute atomic E-state index is 12.7. The number of aromatic nitrogens is 2. The first-order chi connectivity index (χ1) is 12.8. The van der Waals surface area contributed by atoms with Gasteiger partial charge in [-0.2, -0.15) is 5.10 Å². The van der Waals surface area contributed by atoms with E-state index in [4.69, 9.17) is 25.1 Å². The number of carboxylic acid groups (broad SMARTS) is 1. The molecule has 2 aromatic rings. The van der Waals surface area contributed by atoms with Gasteiger partial charge in [-0.1, -0.05) is 0 Å². The Morgan fingerprint density at radius 2 is 2.00 bits per heavy atom. The molecule has 0 aliphatic rings. The van der Waals surface area contributed by atoms with Crippen LogP contribution in [0.15, 0.2) is 24.3 Å². The Labute approximate surface area is 158 Å². The molecule has 0 aliphatic heterocycles. The van der Waals surface area contributed by atoms with Gasteiger partial charge in [0.05, 0.1) is 24.9 Å². The third kappa shape index (κ3) is 7.37. The quantitative estimate of drug-likeness (QED) is 0.664. The summed E-state index contributed by atoms with van der Waals surface area (Å²) in [6.07, 6.45) is 0. The van der Waals surface area contributed by atoms with Crippen LogP contribution in [0.2, 0.25) is 0 Å². The van der Waals surface area contributed by atoms with Crippen molar-refractivity contribution in [1.29, 1.82) is 0 Å². The summed E-state index contributed by atoms with van der Waals surface area (Å²) in [6, 6.07) is 7.02. The Morgan fingerprint density at radius 1 is 1.33 bits per heavy atom. The number of nitrogens with one attached hydrogen (secondary N) is 1. The van der Waals surface area contributed by atoms with Crippen LogP contribution in [0.1, 0.15) is 28.7 Å². The Balaban J connectivity index is 0.000000828. The fourth-order valence-electron chi connectivity index (χ4n) is 2.17. The van der Waals surface area contributed by atoms with Crippen LogP contribution in [0.3, 0.4) is 0 Å². The molecule has 148 valence electrons. The lowest BCUT2D eigenvalue weighted by Crippen LogP contribution is -2.27. The van der Waals surface area contributed by atoms with E-state index in [-0.39, 0.29) is 5.91 Å².